The first-order valence-corrected chi connectivity index (χ1v) is 15.3. The Morgan fingerprint density at radius 2 is 1.62 bits per heavy atom. The summed E-state index contributed by atoms with van der Waals surface area (Å²) in [6.07, 6.45) is 0.902. The molecule has 0 saturated heterocycles. The van der Waals surface area contributed by atoms with Gasteiger partial charge in [0.1, 0.15) is 0 Å². The molecule has 3 aromatic heterocycles. The SMILES string of the molecule is CCC1=C(C)c2cc3[nH]c(cc4nc(c5c6[nH]c(cc1n2)c(C)c6C(=O)OC(=O)C5)[C@@H](CCC(=O)OC(C)=O)[C@@H]4C)c(C)c3C. The van der Waals surface area contributed by atoms with Crippen LogP contribution in [0, 0.1) is 20.8 Å². The summed E-state index contributed by atoms with van der Waals surface area (Å²) in [5.41, 5.74) is 11.9. The molecule has 0 amide bonds. The number of nitrogens with one attached hydrogen (secondary N) is 2. The third kappa shape index (κ3) is 5.18. The van der Waals surface area contributed by atoms with Gasteiger partial charge in [-0.25, -0.2) is 9.78 Å². The Kier molecular flexibility index (Phi) is 7.54. The van der Waals surface area contributed by atoms with E-state index in [1.165, 1.54) is 6.92 Å². The fraction of sp³-hybridized carbons (Fsp3) is 0.371. The van der Waals surface area contributed by atoms with Crippen molar-refractivity contribution >= 4 is 57.1 Å². The van der Waals surface area contributed by atoms with Crippen LogP contribution >= 0.6 is 0 Å². The molecule has 10 heteroatoms. The minimum Gasteiger partial charge on any atom is -0.393 e. The van der Waals surface area contributed by atoms with Crippen LogP contribution in [0.4, 0.5) is 0 Å². The molecule has 2 N–H and O–H groups in total. The standard InChI is InChI=1S/C35H36N4O6/c1-8-21-17(4)26-12-24-15(2)16(3)25(36-24)13-27-18(5)22(9-10-30(41)44-20(7)40)33(38-27)23-11-31(42)45-35(43)32-19(6)28(39-34(23)32)14-29(21)37-26/h12-14,18,22,36,39H,8-11H2,1-7H3/t18-,22-/m0/s1. The second-order valence-corrected chi connectivity index (χ2v) is 12.1. The van der Waals surface area contributed by atoms with E-state index in [-0.39, 0.29) is 30.2 Å². The normalized spacial score (nSPS) is 17.8. The summed E-state index contributed by atoms with van der Waals surface area (Å²) < 4.78 is 10.1. The predicted molar refractivity (Wildman–Crippen MR) is 169 cm³/mol. The lowest BCUT2D eigenvalue weighted by molar-refractivity contribution is -0.158. The third-order valence-corrected chi connectivity index (χ3v) is 9.45. The topological polar surface area (TPSA) is 144 Å². The van der Waals surface area contributed by atoms with Crippen molar-refractivity contribution in [1.29, 1.82) is 0 Å². The molecule has 3 aromatic rings. The summed E-state index contributed by atoms with van der Waals surface area (Å²) in [5.74, 6) is -3.15. The number of cyclic esters (lactones) is 2. The number of esters is 4. The molecule has 0 aliphatic carbocycles. The molecule has 2 atom stereocenters. The van der Waals surface area contributed by atoms with E-state index in [2.05, 4.69) is 43.7 Å². The molecule has 3 aliphatic rings. The maximum Gasteiger partial charge on any atom is 0.348 e. The molecule has 8 bridgehead atoms. The molecule has 0 unspecified atom stereocenters. The highest BCUT2D eigenvalue weighted by atomic mass is 16.6. The third-order valence-electron chi connectivity index (χ3n) is 9.45. The first kappa shape index (κ1) is 30.2. The van der Waals surface area contributed by atoms with Crippen molar-refractivity contribution < 1.29 is 28.7 Å². The van der Waals surface area contributed by atoms with Crippen molar-refractivity contribution in [2.75, 3.05) is 0 Å². The number of rotatable bonds is 4. The number of carbonyl (C=O) groups excluding carboxylic acids is 4. The zero-order valence-corrected chi connectivity index (χ0v) is 26.6. The predicted octanol–water partition coefficient (Wildman–Crippen LogP) is 6.58. The molecule has 10 nitrogen and oxygen atoms in total. The molecule has 6 heterocycles. The first-order valence-electron chi connectivity index (χ1n) is 15.3. The van der Waals surface area contributed by atoms with Crippen LogP contribution in [0.1, 0.15) is 114 Å². The Morgan fingerprint density at radius 3 is 2.31 bits per heavy atom. The van der Waals surface area contributed by atoms with Crippen molar-refractivity contribution in [2.45, 2.75) is 86.0 Å². The van der Waals surface area contributed by atoms with Crippen LogP contribution in [0.5, 0.6) is 0 Å². The quantitative estimate of drug-likeness (QED) is 0.250. The molecule has 0 radical (unpaired) electrons. The second kappa shape index (κ2) is 11.3. The van der Waals surface area contributed by atoms with Crippen molar-refractivity contribution in [3.63, 3.8) is 0 Å². The van der Waals surface area contributed by atoms with E-state index < -0.39 is 23.9 Å². The Bertz CT molecular complexity index is 2030. The van der Waals surface area contributed by atoms with E-state index in [0.717, 1.165) is 56.8 Å². The summed E-state index contributed by atoms with van der Waals surface area (Å²) in [7, 11) is 0. The second-order valence-electron chi connectivity index (χ2n) is 12.1. The maximum absolute atomic E-state index is 13.3. The first-order chi connectivity index (χ1) is 21.4. The van der Waals surface area contributed by atoms with Crippen molar-refractivity contribution in [3.05, 3.63) is 68.8 Å². The Balaban J connectivity index is 1.73. The number of aromatic nitrogens is 4. The highest BCUT2D eigenvalue weighted by Crippen LogP contribution is 2.43. The summed E-state index contributed by atoms with van der Waals surface area (Å²) in [6, 6.07) is 6.03. The van der Waals surface area contributed by atoms with Crippen molar-refractivity contribution in [1.82, 2.24) is 19.9 Å². The van der Waals surface area contributed by atoms with Crippen LogP contribution in [0.2, 0.25) is 0 Å². The molecule has 45 heavy (non-hydrogen) atoms. The van der Waals surface area contributed by atoms with E-state index in [1.807, 2.05) is 26.0 Å². The van der Waals surface area contributed by atoms with Gasteiger partial charge in [0.25, 0.3) is 0 Å². The smallest absolute Gasteiger partial charge is 0.348 e. The minimum atomic E-state index is -0.721. The lowest BCUT2D eigenvalue weighted by atomic mass is 9.85. The molecular weight excluding hydrogens is 572 g/mol. The molecule has 0 aromatic carbocycles. The summed E-state index contributed by atoms with van der Waals surface area (Å²) >= 11 is 0. The number of H-pyrrole nitrogens is 2. The van der Waals surface area contributed by atoms with Gasteiger partial charge in [-0.3, -0.25) is 19.4 Å². The average molecular weight is 609 g/mol. The summed E-state index contributed by atoms with van der Waals surface area (Å²) in [4.78, 5) is 67.2. The van der Waals surface area contributed by atoms with Gasteiger partial charge in [-0.15, -0.1) is 0 Å². The Hall–Kier alpha value is -4.86. The molecule has 0 saturated carbocycles. The number of hydrogen-bond donors (Lipinski definition) is 2. The van der Waals surface area contributed by atoms with Crippen LogP contribution in [-0.2, 0) is 30.3 Å². The Morgan fingerprint density at radius 1 is 0.956 bits per heavy atom. The Labute approximate surface area is 260 Å². The van der Waals surface area contributed by atoms with Crippen molar-refractivity contribution in [2.24, 2.45) is 0 Å². The van der Waals surface area contributed by atoms with Gasteiger partial charge in [-0.1, -0.05) is 13.8 Å². The largest absolute Gasteiger partial charge is 0.393 e. The van der Waals surface area contributed by atoms with E-state index >= 15 is 0 Å². The lowest BCUT2D eigenvalue weighted by Crippen LogP contribution is -2.14. The van der Waals surface area contributed by atoms with Crippen LogP contribution in [0.3, 0.4) is 0 Å². The molecule has 0 fully saturated rings. The van der Waals surface area contributed by atoms with Gasteiger partial charge < -0.3 is 19.4 Å². The van der Waals surface area contributed by atoms with Gasteiger partial charge in [-0.05, 0) is 86.6 Å². The fourth-order valence-corrected chi connectivity index (χ4v) is 6.75. The monoisotopic (exact) mass is 608 g/mol. The van der Waals surface area contributed by atoms with E-state index in [1.54, 1.807) is 0 Å². The molecule has 3 aliphatic heterocycles. The number of aryl methyl sites for hydroxylation is 3. The van der Waals surface area contributed by atoms with Gasteiger partial charge >= 0.3 is 23.9 Å². The van der Waals surface area contributed by atoms with Gasteiger partial charge in [0.05, 0.1) is 34.6 Å². The number of ether oxygens (including phenoxy) is 2. The lowest BCUT2D eigenvalue weighted by Gasteiger charge is -2.17. The number of carbonyl (C=O) groups is 4. The van der Waals surface area contributed by atoms with E-state index in [4.69, 9.17) is 19.4 Å². The van der Waals surface area contributed by atoms with Gasteiger partial charge in [0.15, 0.2) is 0 Å². The molecule has 232 valence electrons. The van der Waals surface area contributed by atoms with Crippen LogP contribution in [0.15, 0.2) is 18.2 Å². The van der Waals surface area contributed by atoms with Crippen molar-refractivity contribution in [3.8, 4) is 0 Å². The van der Waals surface area contributed by atoms with Crippen LogP contribution in [-0.4, -0.2) is 43.8 Å². The molecular formula is C35H36N4O6. The van der Waals surface area contributed by atoms with Crippen LogP contribution in [0.25, 0.3) is 33.2 Å². The number of aromatic amines is 2. The van der Waals surface area contributed by atoms with E-state index in [9.17, 15) is 19.2 Å². The minimum absolute atomic E-state index is 0.0170. The molecule has 6 rings (SSSR count). The number of allylic oxidation sites excluding steroid dienone is 2. The fourth-order valence-electron chi connectivity index (χ4n) is 6.75. The highest BCUT2D eigenvalue weighted by molar-refractivity contribution is 6.09. The van der Waals surface area contributed by atoms with E-state index in [0.29, 0.717) is 34.3 Å². The molecule has 0 spiro atoms. The van der Waals surface area contributed by atoms with Gasteiger partial charge in [-0.2, -0.15) is 0 Å². The van der Waals surface area contributed by atoms with Gasteiger partial charge in [0, 0.05) is 53.0 Å². The zero-order chi connectivity index (χ0) is 32.3. The van der Waals surface area contributed by atoms with Gasteiger partial charge in [0.2, 0.25) is 0 Å². The number of hydrogen-bond acceptors (Lipinski definition) is 8. The summed E-state index contributed by atoms with van der Waals surface area (Å²) in [6.45, 7) is 13.3. The average Bonchev–Trinajstić information content (AvgIpc) is 3.62. The number of nitrogens with zero attached hydrogens (tertiary/aromatic N) is 2. The highest BCUT2D eigenvalue weighted by Gasteiger charge is 2.36. The zero-order valence-electron chi connectivity index (χ0n) is 26.6. The maximum atomic E-state index is 13.3. The van der Waals surface area contributed by atoms with Crippen LogP contribution < -0.4 is 0 Å². The summed E-state index contributed by atoms with van der Waals surface area (Å²) in [5, 5.41) is 0. The number of fused-ring (bicyclic) bond motifs is 8.